The van der Waals surface area contributed by atoms with Crippen LogP contribution in [-0.4, -0.2) is 6.04 Å². The highest BCUT2D eigenvalue weighted by Gasteiger charge is 2.37. The second-order valence-corrected chi connectivity index (χ2v) is 3.14. The molecule has 48 valence electrons. The minimum absolute atomic E-state index is 0.707. The maximum absolute atomic E-state index is 3.98. The monoisotopic (exact) mass is 131 g/mol. The summed E-state index contributed by atoms with van der Waals surface area (Å²) in [7, 11) is 0. The van der Waals surface area contributed by atoms with Crippen LogP contribution in [0.25, 0.3) is 0 Å². The summed E-state index contributed by atoms with van der Waals surface area (Å²) in [6.07, 6.45) is 1.32. The van der Waals surface area contributed by atoms with Crippen molar-refractivity contribution in [2.24, 2.45) is 11.8 Å². The fraction of sp³-hybridized carbons (Fsp3) is 1.00. The Bertz CT molecular complexity index is 82.6. The van der Waals surface area contributed by atoms with Gasteiger partial charge in [0.15, 0.2) is 0 Å². The molecule has 2 heteroatoms. The first kappa shape index (κ1) is 6.43. The fourth-order valence-electron chi connectivity index (χ4n) is 1.10. The fourth-order valence-corrected chi connectivity index (χ4v) is 1.40. The van der Waals surface area contributed by atoms with Crippen molar-refractivity contribution >= 4 is 12.8 Å². The second kappa shape index (κ2) is 2.28. The normalized spacial score (nSPS) is 36.0. The summed E-state index contributed by atoms with van der Waals surface area (Å²) in [5.41, 5.74) is 0. The van der Waals surface area contributed by atoms with Crippen molar-refractivity contribution in [3.8, 4) is 0 Å². The first-order chi connectivity index (χ1) is 3.75. The molecule has 0 heterocycles. The molecule has 0 radical (unpaired) electrons. The lowest BCUT2D eigenvalue weighted by Gasteiger charge is -1.99. The summed E-state index contributed by atoms with van der Waals surface area (Å²) in [4.78, 5) is 0. The molecule has 0 saturated heterocycles. The van der Waals surface area contributed by atoms with E-state index in [4.69, 9.17) is 0 Å². The molecule has 1 fully saturated rings. The van der Waals surface area contributed by atoms with Crippen molar-refractivity contribution in [1.29, 1.82) is 0 Å². The molecule has 1 nitrogen and oxygen atoms in total. The molecule has 8 heavy (non-hydrogen) atoms. The molecule has 1 saturated carbocycles. The van der Waals surface area contributed by atoms with Gasteiger partial charge in [0.1, 0.15) is 0 Å². The van der Waals surface area contributed by atoms with Crippen LogP contribution in [0.1, 0.15) is 20.3 Å². The maximum Gasteiger partial charge on any atom is 0.0204 e. The van der Waals surface area contributed by atoms with E-state index in [0.29, 0.717) is 6.04 Å². The molecule has 1 aliphatic carbocycles. The SMILES string of the molecule is CC(C)[C@H]1CC1NS. The van der Waals surface area contributed by atoms with Crippen molar-refractivity contribution in [3.63, 3.8) is 0 Å². The van der Waals surface area contributed by atoms with Gasteiger partial charge in [0, 0.05) is 6.04 Å². The van der Waals surface area contributed by atoms with Gasteiger partial charge >= 0.3 is 0 Å². The van der Waals surface area contributed by atoms with E-state index in [1.54, 1.807) is 0 Å². The molecular weight excluding hydrogens is 118 g/mol. The third-order valence-corrected chi connectivity index (χ3v) is 2.19. The lowest BCUT2D eigenvalue weighted by atomic mass is 10.1. The van der Waals surface area contributed by atoms with Crippen molar-refractivity contribution < 1.29 is 0 Å². The van der Waals surface area contributed by atoms with Crippen LogP contribution in [0.2, 0.25) is 0 Å². The third-order valence-electron chi connectivity index (χ3n) is 1.86. The van der Waals surface area contributed by atoms with Crippen LogP contribution < -0.4 is 4.72 Å². The van der Waals surface area contributed by atoms with Crippen LogP contribution in [0, 0.1) is 11.8 Å². The molecule has 1 unspecified atom stereocenters. The van der Waals surface area contributed by atoms with E-state index in [9.17, 15) is 0 Å². The van der Waals surface area contributed by atoms with Crippen LogP contribution in [0.3, 0.4) is 0 Å². The highest BCUT2D eigenvalue weighted by atomic mass is 32.1. The largest absolute Gasteiger partial charge is 0.263 e. The summed E-state index contributed by atoms with van der Waals surface area (Å²) in [6.45, 7) is 4.52. The molecular formula is C6H13NS. The van der Waals surface area contributed by atoms with Gasteiger partial charge in [-0.05, 0) is 18.3 Å². The predicted molar refractivity (Wildman–Crippen MR) is 38.9 cm³/mol. The summed E-state index contributed by atoms with van der Waals surface area (Å²) < 4.78 is 2.96. The van der Waals surface area contributed by atoms with Gasteiger partial charge in [0.25, 0.3) is 0 Å². The van der Waals surface area contributed by atoms with Gasteiger partial charge in [-0.15, -0.1) is 0 Å². The Labute approximate surface area is 56.4 Å². The Hall–Kier alpha value is 0.310. The van der Waals surface area contributed by atoms with Crippen LogP contribution >= 0.6 is 12.8 Å². The van der Waals surface area contributed by atoms with E-state index in [-0.39, 0.29) is 0 Å². The van der Waals surface area contributed by atoms with Crippen LogP contribution in [0.4, 0.5) is 0 Å². The predicted octanol–water partition coefficient (Wildman–Crippen LogP) is 1.47. The zero-order chi connectivity index (χ0) is 6.15. The molecule has 0 aliphatic heterocycles. The Balaban J connectivity index is 2.16. The quantitative estimate of drug-likeness (QED) is 0.541. The topological polar surface area (TPSA) is 12.0 Å². The van der Waals surface area contributed by atoms with Gasteiger partial charge in [-0.1, -0.05) is 26.7 Å². The Morgan fingerprint density at radius 1 is 1.62 bits per heavy atom. The van der Waals surface area contributed by atoms with Crippen molar-refractivity contribution in [3.05, 3.63) is 0 Å². The Kier molecular flexibility index (Phi) is 1.83. The molecule has 0 bridgehead atoms. The van der Waals surface area contributed by atoms with E-state index in [0.717, 1.165) is 11.8 Å². The highest BCUT2D eigenvalue weighted by molar-refractivity contribution is 7.78. The molecule has 0 spiro atoms. The molecule has 1 N–H and O–H groups in total. The Morgan fingerprint density at radius 2 is 2.25 bits per heavy atom. The number of rotatable bonds is 2. The standard InChI is InChI=1S/C6H13NS/c1-4(2)5-3-6(5)7-8/h4-8H,3H2,1-2H3/t5-,6?/m1/s1. The maximum atomic E-state index is 3.98. The number of nitrogens with one attached hydrogen (secondary N) is 1. The number of hydrogen-bond donors (Lipinski definition) is 2. The summed E-state index contributed by atoms with van der Waals surface area (Å²) in [5.74, 6) is 1.73. The van der Waals surface area contributed by atoms with Crippen LogP contribution in [0.5, 0.6) is 0 Å². The average Bonchev–Trinajstić information content (AvgIpc) is 2.42. The summed E-state index contributed by atoms with van der Waals surface area (Å²) in [5, 5.41) is 0. The van der Waals surface area contributed by atoms with E-state index in [1.165, 1.54) is 6.42 Å². The molecule has 1 aliphatic rings. The first-order valence-corrected chi connectivity index (χ1v) is 3.60. The lowest BCUT2D eigenvalue weighted by Crippen LogP contribution is -2.07. The molecule has 2 atom stereocenters. The van der Waals surface area contributed by atoms with E-state index < -0.39 is 0 Å². The molecule has 0 aromatic heterocycles. The summed E-state index contributed by atoms with van der Waals surface area (Å²) in [6, 6.07) is 0.707. The van der Waals surface area contributed by atoms with Gasteiger partial charge < -0.3 is 0 Å². The van der Waals surface area contributed by atoms with Gasteiger partial charge in [0.2, 0.25) is 0 Å². The Morgan fingerprint density at radius 3 is 2.38 bits per heavy atom. The van der Waals surface area contributed by atoms with Gasteiger partial charge in [0.05, 0.1) is 0 Å². The van der Waals surface area contributed by atoms with E-state index in [2.05, 4.69) is 31.4 Å². The zero-order valence-corrected chi connectivity index (χ0v) is 6.28. The van der Waals surface area contributed by atoms with Gasteiger partial charge in [-0.25, -0.2) is 0 Å². The van der Waals surface area contributed by atoms with Crippen LogP contribution in [0.15, 0.2) is 0 Å². The van der Waals surface area contributed by atoms with Crippen molar-refractivity contribution in [1.82, 2.24) is 4.72 Å². The second-order valence-electron chi connectivity index (χ2n) is 2.88. The number of hydrogen-bond acceptors (Lipinski definition) is 2. The van der Waals surface area contributed by atoms with Crippen molar-refractivity contribution in [2.45, 2.75) is 26.3 Å². The smallest absolute Gasteiger partial charge is 0.0204 e. The van der Waals surface area contributed by atoms with Crippen LogP contribution in [-0.2, 0) is 0 Å². The molecule has 0 aromatic carbocycles. The van der Waals surface area contributed by atoms with E-state index in [1.807, 2.05) is 0 Å². The van der Waals surface area contributed by atoms with Crippen molar-refractivity contribution in [2.75, 3.05) is 0 Å². The van der Waals surface area contributed by atoms with Gasteiger partial charge in [-0.3, -0.25) is 4.72 Å². The zero-order valence-electron chi connectivity index (χ0n) is 5.39. The lowest BCUT2D eigenvalue weighted by molar-refractivity contribution is 0.541. The minimum atomic E-state index is 0.707. The number of thiol groups is 1. The summed E-state index contributed by atoms with van der Waals surface area (Å²) >= 11 is 3.98. The first-order valence-electron chi connectivity index (χ1n) is 3.15. The molecule has 1 rings (SSSR count). The third kappa shape index (κ3) is 1.17. The van der Waals surface area contributed by atoms with Gasteiger partial charge in [-0.2, -0.15) is 0 Å². The molecule has 0 aromatic rings. The van der Waals surface area contributed by atoms with E-state index >= 15 is 0 Å². The highest BCUT2D eigenvalue weighted by Crippen LogP contribution is 2.37. The minimum Gasteiger partial charge on any atom is -0.263 e. The average molecular weight is 131 g/mol. The molecule has 0 amide bonds.